The smallest absolute Gasteiger partial charge is 0.374 e. The zero-order valence-corrected chi connectivity index (χ0v) is 9.62. The van der Waals surface area contributed by atoms with Gasteiger partial charge in [-0.2, -0.15) is 0 Å². The van der Waals surface area contributed by atoms with Crippen LogP contribution in [-0.2, 0) is 14.3 Å². The Bertz CT molecular complexity index is 229. The molecule has 1 aliphatic rings. The lowest BCUT2D eigenvalue weighted by molar-refractivity contribution is -0.154. The number of ketones is 1. The summed E-state index contributed by atoms with van der Waals surface area (Å²) in [4.78, 5) is 22.9. The van der Waals surface area contributed by atoms with Crippen LogP contribution in [0.1, 0.15) is 45.4 Å². The summed E-state index contributed by atoms with van der Waals surface area (Å²) in [5.74, 6) is -0.715. The van der Waals surface area contributed by atoms with Crippen molar-refractivity contribution in [3.8, 4) is 0 Å². The highest BCUT2D eigenvalue weighted by Gasteiger charge is 2.32. The highest BCUT2D eigenvalue weighted by molar-refractivity contribution is 6.34. The lowest BCUT2D eigenvalue weighted by Crippen LogP contribution is -2.31. The van der Waals surface area contributed by atoms with Crippen LogP contribution in [0.2, 0.25) is 0 Å². The molecule has 0 N–H and O–H groups in total. The molecule has 1 atom stereocenters. The molecule has 0 bridgehead atoms. The third-order valence-corrected chi connectivity index (χ3v) is 3.38. The summed E-state index contributed by atoms with van der Waals surface area (Å²) >= 11 is 0. The van der Waals surface area contributed by atoms with Gasteiger partial charge in [-0.1, -0.05) is 26.2 Å². The maximum absolute atomic E-state index is 11.7. The molecule has 3 nitrogen and oxygen atoms in total. The van der Waals surface area contributed by atoms with Crippen LogP contribution in [0.25, 0.3) is 0 Å². The fourth-order valence-electron chi connectivity index (χ4n) is 2.52. The predicted octanol–water partition coefficient (Wildman–Crippen LogP) is 2.33. The Labute approximate surface area is 91.2 Å². The van der Waals surface area contributed by atoms with Crippen molar-refractivity contribution in [2.45, 2.75) is 45.4 Å². The summed E-state index contributed by atoms with van der Waals surface area (Å²) in [7, 11) is 1.27. The third-order valence-electron chi connectivity index (χ3n) is 3.38. The molecule has 15 heavy (non-hydrogen) atoms. The van der Waals surface area contributed by atoms with E-state index in [-0.39, 0.29) is 11.7 Å². The number of hydrogen-bond donors (Lipinski definition) is 0. The predicted molar refractivity (Wildman–Crippen MR) is 57.4 cm³/mol. The first-order valence-corrected chi connectivity index (χ1v) is 5.82. The van der Waals surface area contributed by atoms with Crippen molar-refractivity contribution in [3.05, 3.63) is 0 Å². The third kappa shape index (κ3) is 3.05. The second-order valence-electron chi connectivity index (χ2n) is 4.27. The zero-order chi connectivity index (χ0) is 11.3. The van der Waals surface area contributed by atoms with E-state index in [1.807, 2.05) is 6.92 Å². The molecule has 0 aliphatic heterocycles. The van der Waals surface area contributed by atoms with E-state index in [0.717, 1.165) is 19.3 Å². The molecule has 0 amide bonds. The van der Waals surface area contributed by atoms with Crippen LogP contribution in [0.15, 0.2) is 0 Å². The first-order valence-electron chi connectivity index (χ1n) is 5.82. The lowest BCUT2D eigenvalue weighted by Gasteiger charge is -2.27. The Kier molecular flexibility index (Phi) is 4.79. The van der Waals surface area contributed by atoms with Gasteiger partial charge in [0.2, 0.25) is 5.78 Å². The van der Waals surface area contributed by atoms with Gasteiger partial charge >= 0.3 is 5.97 Å². The van der Waals surface area contributed by atoms with E-state index in [2.05, 4.69) is 4.74 Å². The van der Waals surface area contributed by atoms with Gasteiger partial charge in [0.1, 0.15) is 0 Å². The molecule has 0 saturated heterocycles. The number of carbonyl (C=O) groups excluding carboxylic acids is 2. The number of Topliss-reactive ketones (excluding diaryl/α,β-unsaturated/α-hetero) is 1. The standard InChI is InChI=1S/C12H20O3/c1-3-10(11(13)12(14)15-2)9-7-5-4-6-8-9/h9-10H,3-8H2,1-2H3. The van der Waals surface area contributed by atoms with Gasteiger partial charge in [-0.15, -0.1) is 0 Å². The summed E-state index contributed by atoms with van der Waals surface area (Å²) in [6.45, 7) is 1.97. The van der Waals surface area contributed by atoms with Crippen molar-refractivity contribution in [1.29, 1.82) is 0 Å². The van der Waals surface area contributed by atoms with Crippen LogP contribution in [-0.4, -0.2) is 18.9 Å². The number of ether oxygens (including phenoxy) is 1. The Balaban J connectivity index is 2.60. The Morgan fingerprint density at radius 1 is 1.27 bits per heavy atom. The van der Waals surface area contributed by atoms with Crippen LogP contribution >= 0.6 is 0 Å². The van der Waals surface area contributed by atoms with Gasteiger partial charge < -0.3 is 4.74 Å². The molecule has 1 unspecified atom stereocenters. The maximum Gasteiger partial charge on any atom is 0.374 e. The fraction of sp³-hybridized carbons (Fsp3) is 0.833. The van der Waals surface area contributed by atoms with Gasteiger partial charge in [-0.25, -0.2) is 4.79 Å². The highest BCUT2D eigenvalue weighted by Crippen LogP contribution is 2.32. The summed E-state index contributed by atoms with van der Waals surface area (Å²) in [5, 5.41) is 0. The lowest BCUT2D eigenvalue weighted by atomic mass is 9.77. The number of methoxy groups -OCH3 is 1. The van der Waals surface area contributed by atoms with Gasteiger partial charge in [-0.3, -0.25) is 4.79 Å². The van der Waals surface area contributed by atoms with Crippen LogP contribution in [0.5, 0.6) is 0 Å². The first-order chi connectivity index (χ1) is 7.20. The second-order valence-corrected chi connectivity index (χ2v) is 4.27. The fourth-order valence-corrected chi connectivity index (χ4v) is 2.52. The number of carbonyl (C=O) groups is 2. The second kappa shape index (κ2) is 5.89. The molecule has 1 rings (SSSR count). The molecule has 86 valence electrons. The Morgan fingerprint density at radius 3 is 2.33 bits per heavy atom. The normalized spacial score (nSPS) is 19.6. The number of esters is 1. The summed E-state index contributed by atoms with van der Waals surface area (Å²) in [6, 6.07) is 0. The molecule has 0 aromatic carbocycles. The minimum Gasteiger partial charge on any atom is -0.463 e. The number of rotatable bonds is 4. The summed E-state index contributed by atoms with van der Waals surface area (Å²) in [6.07, 6.45) is 6.56. The Morgan fingerprint density at radius 2 is 1.87 bits per heavy atom. The molecule has 0 radical (unpaired) electrons. The minimum absolute atomic E-state index is 0.113. The largest absolute Gasteiger partial charge is 0.463 e. The van der Waals surface area contributed by atoms with Crippen molar-refractivity contribution in [2.75, 3.05) is 7.11 Å². The SMILES string of the molecule is CCC(C(=O)C(=O)OC)C1CCCCC1. The zero-order valence-electron chi connectivity index (χ0n) is 9.62. The summed E-state index contributed by atoms with van der Waals surface area (Å²) < 4.78 is 4.50. The first kappa shape index (κ1) is 12.2. The van der Waals surface area contributed by atoms with E-state index < -0.39 is 5.97 Å². The quantitative estimate of drug-likeness (QED) is 0.530. The highest BCUT2D eigenvalue weighted by atomic mass is 16.5. The average molecular weight is 212 g/mol. The molecular weight excluding hydrogens is 192 g/mol. The van der Waals surface area contributed by atoms with Gasteiger partial charge in [0.15, 0.2) is 0 Å². The molecule has 0 spiro atoms. The Hall–Kier alpha value is -0.860. The van der Waals surface area contributed by atoms with E-state index in [1.54, 1.807) is 0 Å². The van der Waals surface area contributed by atoms with Gasteiger partial charge in [0.25, 0.3) is 0 Å². The van der Waals surface area contributed by atoms with E-state index in [4.69, 9.17) is 0 Å². The van der Waals surface area contributed by atoms with Crippen molar-refractivity contribution >= 4 is 11.8 Å². The van der Waals surface area contributed by atoms with Crippen molar-refractivity contribution < 1.29 is 14.3 Å². The molecule has 0 heterocycles. The van der Waals surface area contributed by atoms with Gasteiger partial charge in [0, 0.05) is 5.92 Å². The monoisotopic (exact) mass is 212 g/mol. The van der Waals surface area contributed by atoms with E-state index >= 15 is 0 Å². The van der Waals surface area contributed by atoms with Crippen molar-refractivity contribution in [2.24, 2.45) is 11.8 Å². The molecular formula is C12H20O3. The molecule has 0 aromatic heterocycles. The molecule has 1 fully saturated rings. The van der Waals surface area contributed by atoms with Crippen molar-refractivity contribution in [3.63, 3.8) is 0 Å². The van der Waals surface area contributed by atoms with E-state index in [0.29, 0.717) is 5.92 Å². The van der Waals surface area contributed by atoms with Gasteiger partial charge in [-0.05, 0) is 25.2 Å². The van der Waals surface area contributed by atoms with Crippen molar-refractivity contribution in [1.82, 2.24) is 0 Å². The van der Waals surface area contributed by atoms with Crippen LogP contribution in [0.4, 0.5) is 0 Å². The van der Waals surface area contributed by atoms with E-state index in [1.165, 1.54) is 26.4 Å². The van der Waals surface area contributed by atoms with Crippen LogP contribution in [0, 0.1) is 11.8 Å². The molecule has 1 saturated carbocycles. The summed E-state index contributed by atoms with van der Waals surface area (Å²) in [5.41, 5.74) is 0. The average Bonchev–Trinajstić information content (AvgIpc) is 2.30. The van der Waals surface area contributed by atoms with Crippen LogP contribution in [0.3, 0.4) is 0 Å². The topological polar surface area (TPSA) is 43.4 Å². The van der Waals surface area contributed by atoms with E-state index in [9.17, 15) is 9.59 Å². The molecule has 1 aliphatic carbocycles. The molecule has 3 heteroatoms. The number of hydrogen-bond acceptors (Lipinski definition) is 3. The minimum atomic E-state index is -0.674. The van der Waals surface area contributed by atoms with Crippen LogP contribution < -0.4 is 0 Å². The molecule has 0 aromatic rings. The van der Waals surface area contributed by atoms with Gasteiger partial charge in [0.05, 0.1) is 7.11 Å². The maximum atomic E-state index is 11.7.